The Hall–Kier alpha value is -1.12. The van der Waals surface area contributed by atoms with Crippen molar-refractivity contribution >= 4 is 11.3 Å². The monoisotopic (exact) mass is 259 g/mol. The molecule has 0 saturated carbocycles. The van der Waals surface area contributed by atoms with Crippen LogP contribution in [0.5, 0.6) is 0 Å². The van der Waals surface area contributed by atoms with Crippen LogP contribution in [0.1, 0.15) is 41.0 Å². The molecule has 1 heterocycles. The topological polar surface area (TPSA) is 12.0 Å². The average Bonchev–Trinajstić information content (AvgIpc) is 2.82. The van der Waals surface area contributed by atoms with E-state index in [1.807, 2.05) is 11.3 Å². The van der Waals surface area contributed by atoms with Gasteiger partial charge in [-0.25, -0.2) is 0 Å². The molecule has 18 heavy (non-hydrogen) atoms. The fourth-order valence-corrected chi connectivity index (χ4v) is 3.13. The molecule has 0 bridgehead atoms. The van der Waals surface area contributed by atoms with Gasteiger partial charge in [0.2, 0.25) is 0 Å². The summed E-state index contributed by atoms with van der Waals surface area (Å²) in [4.78, 5) is 1.40. The van der Waals surface area contributed by atoms with Gasteiger partial charge in [0, 0.05) is 4.88 Å². The van der Waals surface area contributed by atoms with Crippen LogP contribution in [-0.4, -0.2) is 6.54 Å². The Balaban J connectivity index is 2.33. The first-order chi connectivity index (χ1) is 8.70. The number of rotatable bonds is 5. The Kier molecular flexibility index (Phi) is 4.56. The zero-order chi connectivity index (χ0) is 13.0. The van der Waals surface area contributed by atoms with Crippen LogP contribution >= 0.6 is 11.3 Å². The molecule has 0 spiro atoms. The second-order valence-corrected chi connectivity index (χ2v) is 5.80. The standard InChI is InChI=1S/C16H21NS/c1-4-7-17-16(15-6-5-8-18-15)14-10-12(2)9-13(3)11-14/h5-6,8-11,16-17H,4,7H2,1-3H3. The van der Waals surface area contributed by atoms with E-state index in [1.54, 1.807) is 0 Å². The van der Waals surface area contributed by atoms with Gasteiger partial charge in [-0.05, 0) is 43.8 Å². The first kappa shape index (κ1) is 13.3. The summed E-state index contributed by atoms with van der Waals surface area (Å²) in [5.41, 5.74) is 4.05. The molecule has 2 heteroatoms. The molecule has 1 atom stereocenters. The second kappa shape index (κ2) is 6.17. The molecule has 0 amide bonds. The molecule has 1 nitrogen and oxygen atoms in total. The molecule has 1 N–H and O–H groups in total. The first-order valence-electron chi connectivity index (χ1n) is 6.55. The molecular weight excluding hydrogens is 238 g/mol. The van der Waals surface area contributed by atoms with Gasteiger partial charge in [-0.1, -0.05) is 42.3 Å². The molecule has 2 aromatic rings. The van der Waals surface area contributed by atoms with Gasteiger partial charge >= 0.3 is 0 Å². The summed E-state index contributed by atoms with van der Waals surface area (Å²) in [7, 11) is 0. The van der Waals surface area contributed by atoms with Crippen LogP contribution in [0.15, 0.2) is 35.7 Å². The molecule has 1 aromatic carbocycles. The van der Waals surface area contributed by atoms with Crippen molar-refractivity contribution in [3.63, 3.8) is 0 Å². The number of benzene rings is 1. The van der Waals surface area contributed by atoms with E-state index in [2.05, 4.69) is 61.8 Å². The van der Waals surface area contributed by atoms with Crippen molar-refractivity contribution < 1.29 is 0 Å². The Morgan fingerprint density at radius 2 is 1.89 bits per heavy atom. The van der Waals surface area contributed by atoms with Gasteiger partial charge in [-0.15, -0.1) is 11.3 Å². The lowest BCUT2D eigenvalue weighted by molar-refractivity contribution is 0.605. The highest BCUT2D eigenvalue weighted by molar-refractivity contribution is 7.10. The van der Waals surface area contributed by atoms with E-state index in [9.17, 15) is 0 Å². The fourth-order valence-electron chi connectivity index (χ4n) is 2.30. The van der Waals surface area contributed by atoms with E-state index in [4.69, 9.17) is 0 Å². The number of hydrogen-bond donors (Lipinski definition) is 1. The number of nitrogens with one attached hydrogen (secondary N) is 1. The van der Waals surface area contributed by atoms with E-state index in [0.29, 0.717) is 6.04 Å². The van der Waals surface area contributed by atoms with E-state index in [0.717, 1.165) is 13.0 Å². The van der Waals surface area contributed by atoms with Crippen LogP contribution in [0.3, 0.4) is 0 Å². The van der Waals surface area contributed by atoms with E-state index < -0.39 is 0 Å². The number of thiophene rings is 1. The molecule has 0 aliphatic rings. The van der Waals surface area contributed by atoms with Crippen molar-refractivity contribution in [3.8, 4) is 0 Å². The van der Waals surface area contributed by atoms with Gasteiger partial charge in [0.1, 0.15) is 0 Å². The maximum atomic E-state index is 3.65. The second-order valence-electron chi connectivity index (χ2n) is 4.82. The van der Waals surface area contributed by atoms with Gasteiger partial charge in [0.05, 0.1) is 6.04 Å². The summed E-state index contributed by atoms with van der Waals surface area (Å²) in [6, 6.07) is 11.5. The van der Waals surface area contributed by atoms with E-state index in [1.165, 1.54) is 21.6 Å². The molecule has 1 aromatic heterocycles. The highest BCUT2D eigenvalue weighted by Gasteiger charge is 2.14. The molecule has 2 rings (SSSR count). The van der Waals surface area contributed by atoms with Gasteiger partial charge in [0.25, 0.3) is 0 Å². The Morgan fingerprint density at radius 3 is 2.44 bits per heavy atom. The average molecular weight is 259 g/mol. The van der Waals surface area contributed by atoms with Crippen LogP contribution in [0, 0.1) is 13.8 Å². The SMILES string of the molecule is CCCNC(c1cc(C)cc(C)c1)c1cccs1. The largest absolute Gasteiger partial charge is 0.306 e. The van der Waals surface area contributed by atoms with Gasteiger partial charge in [-0.3, -0.25) is 0 Å². The first-order valence-corrected chi connectivity index (χ1v) is 7.43. The minimum atomic E-state index is 0.337. The van der Waals surface area contributed by atoms with Crippen LogP contribution in [0.25, 0.3) is 0 Å². The normalized spacial score (nSPS) is 12.6. The zero-order valence-corrected chi connectivity index (χ0v) is 12.2. The lowest BCUT2D eigenvalue weighted by atomic mass is 10.00. The van der Waals surface area contributed by atoms with Crippen LogP contribution in [0.2, 0.25) is 0 Å². The lowest BCUT2D eigenvalue weighted by Gasteiger charge is -2.19. The summed E-state index contributed by atoms with van der Waals surface area (Å²) in [6.07, 6.45) is 1.16. The molecule has 0 saturated heterocycles. The van der Waals surface area contributed by atoms with Crippen LogP contribution in [-0.2, 0) is 0 Å². The summed E-state index contributed by atoms with van der Waals surface area (Å²) in [6.45, 7) is 7.60. The molecule has 1 unspecified atom stereocenters. The van der Waals surface area contributed by atoms with Crippen molar-refractivity contribution in [2.75, 3.05) is 6.54 Å². The highest BCUT2D eigenvalue weighted by Crippen LogP contribution is 2.27. The Morgan fingerprint density at radius 1 is 1.17 bits per heavy atom. The smallest absolute Gasteiger partial charge is 0.0671 e. The fraction of sp³-hybridized carbons (Fsp3) is 0.375. The van der Waals surface area contributed by atoms with Crippen molar-refractivity contribution in [2.24, 2.45) is 0 Å². The predicted octanol–water partition coefficient (Wildman–Crippen LogP) is 4.45. The van der Waals surface area contributed by atoms with Crippen molar-refractivity contribution in [3.05, 3.63) is 57.3 Å². The summed E-state index contributed by atoms with van der Waals surface area (Å²) >= 11 is 1.83. The molecule has 0 fully saturated rings. The summed E-state index contributed by atoms with van der Waals surface area (Å²) < 4.78 is 0. The third kappa shape index (κ3) is 3.21. The molecular formula is C16H21NS. The minimum absolute atomic E-state index is 0.337. The minimum Gasteiger partial charge on any atom is -0.306 e. The Labute approximate surface area is 114 Å². The maximum absolute atomic E-state index is 3.65. The van der Waals surface area contributed by atoms with E-state index in [-0.39, 0.29) is 0 Å². The van der Waals surface area contributed by atoms with Gasteiger partial charge < -0.3 is 5.32 Å². The van der Waals surface area contributed by atoms with E-state index >= 15 is 0 Å². The Bertz CT molecular complexity index is 468. The van der Waals surface area contributed by atoms with Crippen molar-refractivity contribution in [1.82, 2.24) is 5.32 Å². The molecule has 0 aliphatic carbocycles. The summed E-state index contributed by atoms with van der Waals surface area (Å²) in [5.74, 6) is 0. The van der Waals surface area contributed by atoms with Gasteiger partial charge in [-0.2, -0.15) is 0 Å². The quantitative estimate of drug-likeness (QED) is 0.836. The zero-order valence-electron chi connectivity index (χ0n) is 11.4. The highest BCUT2D eigenvalue weighted by atomic mass is 32.1. The summed E-state index contributed by atoms with van der Waals surface area (Å²) in [5, 5.41) is 5.80. The third-order valence-electron chi connectivity index (χ3n) is 3.00. The molecule has 0 aliphatic heterocycles. The van der Waals surface area contributed by atoms with Crippen molar-refractivity contribution in [2.45, 2.75) is 33.2 Å². The third-order valence-corrected chi connectivity index (χ3v) is 3.94. The van der Waals surface area contributed by atoms with Crippen molar-refractivity contribution in [1.29, 1.82) is 0 Å². The lowest BCUT2D eigenvalue weighted by Crippen LogP contribution is -2.22. The predicted molar refractivity (Wildman–Crippen MR) is 80.4 cm³/mol. The molecule has 96 valence electrons. The van der Waals surface area contributed by atoms with Gasteiger partial charge in [0.15, 0.2) is 0 Å². The molecule has 0 radical (unpaired) electrons. The maximum Gasteiger partial charge on any atom is 0.0671 e. The van der Waals surface area contributed by atoms with Crippen LogP contribution < -0.4 is 5.32 Å². The number of aryl methyl sites for hydroxylation is 2. The van der Waals surface area contributed by atoms with Crippen LogP contribution in [0.4, 0.5) is 0 Å². The number of hydrogen-bond acceptors (Lipinski definition) is 2.